The van der Waals surface area contributed by atoms with Crippen molar-refractivity contribution in [2.45, 2.75) is 6.18 Å². The van der Waals surface area contributed by atoms with Crippen molar-refractivity contribution >= 4 is 23.3 Å². The number of ether oxygens (including phenoxy) is 1. The van der Waals surface area contributed by atoms with E-state index >= 15 is 0 Å². The Morgan fingerprint density at radius 1 is 1.29 bits per heavy atom. The number of hydrogen-bond donors (Lipinski definition) is 1. The summed E-state index contributed by atoms with van der Waals surface area (Å²) in [4.78, 5) is 11.5. The molecule has 1 aromatic heterocycles. The standard InChI is InChI=1S/C13H10ClF3N2O2/c1-21-12(20)11-6-9(14)7-19(11)18-10-4-2-8(3-5-10)13(15,16)17/h2-7,18H,1H3. The third kappa shape index (κ3) is 3.49. The number of benzene rings is 1. The lowest BCUT2D eigenvalue weighted by Crippen LogP contribution is -2.16. The third-order valence-electron chi connectivity index (χ3n) is 2.64. The van der Waals surface area contributed by atoms with Gasteiger partial charge in [-0.2, -0.15) is 13.2 Å². The number of nitrogens with zero attached hydrogens (tertiary/aromatic N) is 1. The van der Waals surface area contributed by atoms with E-state index < -0.39 is 17.7 Å². The predicted molar refractivity (Wildman–Crippen MR) is 71.2 cm³/mol. The topological polar surface area (TPSA) is 43.3 Å². The highest BCUT2D eigenvalue weighted by molar-refractivity contribution is 6.31. The summed E-state index contributed by atoms with van der Waals surface area (Å²) in [5.74, 6) is -0.624. The molecule has 0 atom stereocenters. The first-order valence-electron chi connectivity index (χ1n) is 5.72. The van der Waals surface area contributed by atoms with Gasteiger partial charge in [0.25, 0.3) is 0 Å². The van der Waals surface area contributed by atoms with Gasteiger partial charge >= 0.3 is 12.1 Å². The summed E-state index contributed by atoms with van der Waals surface area (Å²) < 4.78 is 43.2. The molecule has 4 nitrogen and oxygen atoms in total. The Hall–Kier alpha value is -2.15. The van der Waals surface area contributed by atoms with Crippen molar-refractivity contribution < 1.29 is 22.7 Å². The van der Waals surface area contributed by atoms with Crippen molar-refractivity contribution in [1.29, 1.82) is 0 Å². The lowest BCUT2D eigenvalue weighted by atomic mass is 10.2. The Balaban J connectivity index is 2.24. The number of aromatic nitrogens is 1. The summed E-state index contributed by atoms with van der Waals surface area (Å²) in [5.41, 5.74) is 2.48. The molecule has 112 valence electrons. The van der Waals surface area contributed by atoms with Gasteiger partial charge in [-0.1, -0.05) is 11.6 Å². The molecule has 0 spiro atoms. The minimum absolute atomic E-state index is 0.127. The smallest absolute Gasteiger partial charge is 0.416 e. The minimum atomic E-state index is -4.40. The first-order chi connectivity index (χ1) is 9.81. The van der Waals surface area contributed by atoms with E-state index in [4.69, 9.17) is 11.6 Å². The number of anilines is 1. The van der Waals surface area contributed by atoms with Crippen LogP contribution in [0.1, 0.15) is 16.1 Å². The second kappa shape index (κ2) is 5.69. The Morgan fingerprint density at radius 3 is 2.43 bits per heavy atom. The molecule has 0 aliphatic rings. The Labute approximate surface area is 123 Å². The zero-order chi connectivity index (χ0) is 15.6. The zero-order valence-electron chi connectivity index (χ0n) is 10.7. The van der Waals surface area contributed by atoms with Gasteiger partial charge in [-0.25, -0.2) is 4.79 Å². The normalized spacial score (nSPS) is 11.3. The number of methoxy groups -OCH3 is 1. The molecule has 0 radical (unpaired) electrons. The molecule has 2 aromatic rings. The number of carbonyl (C=O) groups excluding carboxylic acids is 1. The second-order valence-electron chi connectivity index (χ2n) is 4.09. The highest BCUT2D eigenvalue weighted by Gasteiger charge is 2.29. The van der Waals surface area contributed by atoms with Crippen molar-refractivity contribution in [3.05, 3.63) is 52.8 Å². The summed E-state index contributed by atoms with van der Waals surface area (Å²) in [7, 11) is 1.21. The maximum absolute atomic E-state index is 12.5. The molecule has 1 N–H and O–H groups in total. The van der Waals surface area contributed by atoms with E-state index in [1.165, 1.54) is 36.2 Å². The molecular weight excluding hydrogens is 309 g/mol. The summed E-state index contributed by atoms with van der Waals surface area (Å²) in [6.45, 7) is 0. The van der Waals surface area contributed by atoms with E-state index in [0.717, 1.165) is 12.1 Å². The molecule has 0 saturated heterocycles. The number of alkyl halides is 3. The maximum Gasteiger partial charge on any atom is 0.416 e. The fraction of sp³-hybridized carbons (Fsp3) is 0.154. The highest BCUT2D eigenvalue weighted by atomic mass is 35.5. The monoisotopic (exact) mass is 318 g/mol. The third-order valence-corrected chi connectivity index (χ3v) is 2.85. The van der Waals surface area contributed by atoms with Crippen LogP contribution in [-0.4, -0.2) is 17.8 Å². The molecule has 1 aromatic carbocycles. The predicted octanol–water partition coefficient (Wildman–Crippen LogP) is 3.82. The molecule has 2 rings (SSSR count). The lowest BCUT2D eigenvalue weighted by Gasteiger charge is -2.12. The fourth-order valence-electron chi connectivity index (χ4n) is 1.66. The van der Waals surface area contributed by atoms with Crippen molar-refractivity contribution in [2.75, 3.05) is 12.5 Å². The Bertz CT molecular complexity index is 650. The molecule has 0 unspecified atom stereocenters. The number of halogens is 4. The van der Waals surface area contributed by atoms with E-state index in [1.807, 2.05) is 0 Å². The van der Waals surface area contributed by atoms with E-state index in [2.05, 4.69) is 10.2 Å². The average molecular weight is 319 g/mol. The minimum Gasteiger partial charge on any atom is -0.464 e. The average Bonchev–Trinajstić information content (AvgIpc) is 2.78. The van der Waals surface area contributed by atoms with Gasteiger partial charge in [0.2, 0.25) is 0 Å². The molecular formula is C13H10ClF3N2O2. The highest BCUT2D eigenvalue weighted by Crippen LogP contribution is 2.30. The van der Waals surface area contributed by atoms with Crippen LogP contribution in [0, 0.1) is 0 Å². The van der Waals surface area contributed by atoms with Crippen LogP contribution in [0.4, 0.5) is 18.9 Å². The first kappa shape index (κ1) is 15.2. The van der Waals surface area contributed by atoms with Crippen molar-refractivity contribution in [3.63, 3.8) is 0 Å². The van der Waals surface area contributed by atoms with Gasteiger partial charge in [0.05, 0.1) is 23.4 Å². The van der Waals surface area contributed by atoms with Crippen LogP contribution in [0.5, 0.6) is 0 Å². The van der Waals surface area contributed by atoms with Gasteiger partial charge in [-0.05, 0) is 30.3 Å². The van der Waals surface area contributed by atoms with E-state index in [-0.39, 0.29) is 10.7 Å². The van der Waals surface area contributed by atoms with E-state index in [1.54, 1.807) is 0 Å². The molecule has 8 heteroatoms. The van der Waals surface area contributed by atoms with Gasteiger partial charge in [0, 0.05) is 6.20 Å². The van der Waals surface area contributed by atoms with Crippen molar-refractivity contribution in [3.8, 4) is 0 Å². The fourth-order valence-corrected chi connectivity index (χ4v) is 1.86. The first-order valence-corrected chi connectivity index (χ1v) is 6.09. The molecule has 0 fully saturated rings. The van der Waals surface area contributed by atoms with Crippen LogP contribution in [0.2, 0.25) is 5.02 Å². The second-order valence-corrected chi connectivity index (χ2v) is 4.53. The lowest BCUT2D eigenvalue weighted by molar-refractivity contribution is -0.137. The Morgan fingerprint density at radius 2 is 1.90 bits per heavy atom. The molecule has 0 bridgehead atoms. The van der Waals surface area contributed by atoms with E-state index in [0.29, 0.717) is 5.69 Å². The van der Waals surface area contributed by atoms with Gasteiger partial charge < -0.3 is 4.74 Å². The molecule has 0 aliphatic carbocycles. The van der Waals surface area contributed by atoms with Gasteiger partial charge in [-0.15, -0.1) is 0 Å². The number of carbonyl (C=O) groups is 1. The largest absolute Gasteiger partial charge is 0.464 e. The summed E-state index contributed by atoms with van der Waals surface area (Å²) in [6.07, 6.45) is -2.99. The SMILES string of the molecule is COC(=O)c1cc(Cl)cn1Nc1ccc(C(F)(F)F)cc1. The number of rotatable bonds is 3. The van der Waals surface area contributed by atoms with Gasteiger partial charge in [0.15, 0.2) is 0 Å². The number of esters is 1. The summed E-state index contributed by atoms with van der Waals surface area (Å²) in [6, 6.07) is 5.75. The van der Waals surface area contributed by atoms with Gasteiger partial charge in [0.1, 0.15) is 5.69 Å². The molecule has 0 saturated carbocycles. The molecule has 0 aliphatic heterocycles. The van der Waals surface area contributed by atoms with Crippen LogP contribution in [0.3, 0.4) is 0 Å². The number of hydrogen-bond acceptors (Lipinski definition) is 3. The Kier molecular flexibility index (Phi) is 4.13. The van der Waals surface area contributed by atoms with Crippen LogP contribution in [0.25, 0.3) is 0 Å². The van der Waals surface area contributed by atoms with Crippen molar-refractivity contribution in [2.24, 2.45) is 0 Å². The van der Waals surface area contributed by atoms with Crippen LogP contribution in [0.15, 0.2) is 36.5 Å². The molecule has 21 heavy (non-hydrogen) atoms. The van der Waals surface area contributed by atoms with Gasteiger partial charge in [-0.3, -0.25) is 10.1 Å². The van der Waals surface area contributed by atoms with Crippen molar-refractivity contribution in [1.82, 2.24) is 4.68 Å². The zero-order valence-corrected chi connectivity index (χ0v) is 11.5. The van der Waals surface area contributed by atoms with Crippen LogP contribution >= 0.6 is 11.6 Å². The van der Waals surface area contributed by atoms with Crippen LogP contribution < -0.4 is 5.43 Å². The van der Waals surface area contributed by atoms with E-state index in [9.17, 15) is 18.0 Å². The molecule has 0 amide bonds. The quantitative estimate of drug-likeness (QED) is 0.875. The summed E-state index contributed by atoms with van der Waals surface area (Å²) in [5, 5.41) is 0.287. The van der Waals surface area contributed by atoms with Crippen LogP contribution in [-0.2, 0) is 10.9 Å². The number of nitrogens with one attached hydrogen (secondary N) is 1. The molecule has 1 heterocycles. The maximum atomic E-state index is 12.5. The summed E-state index contributed by atoms with van der Waals surface area (Å²) >= 11 is 5.80.